The van der Waals surface area contributed by atoms with Gasteiger partial charge in [-0.25, -0.2) is 8.42 Å². The summed E-state index contributed by atoms with van der Waals surface area (Å²) in [6, 6.07) is 20.4. The lowest BCUT2D eigenvalue weighted by Gasteiger charge is -2.28. The van der Waals surface area contributed by atoms with Gasteiger partial charge in [0.25, 0.3) is 15.9 Å². The number of anilines is 1. The van der Waals surface area contributed by atoms with Gasteiger partial charge in [0.2, 0.25) is 0 Å². The number of nitrogens with zero attached hydrogens (tertiary/aromatic N) is 1. The maximum absolute atomic E-state index is 13.0. The maximum atomic E-state index is 13.0. The van der Waals surface area contributed by atoms with Crippen LogP contribution in [0.5, 0.6) is 11.5 Å². The van der Waals surface area contributed by atoms with E-state index in [9.17, 15) is 13.2 Å². The number of hydrogen-bond acceptors (Lipinski definition) is 5. The normalized spacial score (nSPS) is 14.5. The van der Waals surface area contributed by atoms with Gasteiger partial charge in [0.1, 0.15) is 17.3 Å². The molecule has 3 aromatic carbocycles. The highest BCUT2D eigenvalue weighted by atomic mass is 79.9. The van der Waals surface area contributed by atoms with Gasteiger partial charge in [0.15, 0.2) is 0 Å². The molecular formula is C22H16BrNO5S. The summed E-state index contributed by atoms with van der Waals surface area (Å²) in [6.45, 7) is 0. The van der Waals surface area contributed by atoms with E-state index in [0.717, 1.165) is 14.2 Å². The maximum Gasteiger partial charge on any atom is 0.272 e. The molecule has 0 saturated heterocycles. The number of halogens is 1. The summed E-state index contributed by atoms with van der Waals surface area (Å²) in [5.74, 6) is 0.540. The third-order valence-electron chi connectivity index (χ3n) is 4.45. The van der Waals surface area contributed by atoms with Crippen LogP contribution in [0.15, 0.2) is 82.7 Å². The lowest BCUT2D eigenvalue weighted by atomic mass is 10.1. The second-order valence-electron chi connectivity index (χ2n) is 6.38. The molecule has 152 valence electrons. The number of para-hydroxylation sites is 1. The number of rotatable bonds is 4. The van der Waals surface area contributed by atoms with E-state index in [1.54, 1.807) is 48.5 Å². The van der Waals surface area contributed by atoms with Crippen LogP contribution in [0.25, 0.3) is 5.76 Å². The van der Waals surface area contributed by atoms with E-state index < -0.39 is 15.9 Å². The number of carbonyl (C=O) groups excluding carboxylic acids is 1. The van der Waals surface area contributed by atoms with E-state index in [2.05, 4.69) is 15.9 Å². The van der Waals surface area contributed by atoms with Crippen LogP contribution in [0.2, 0.25) is 0 Å². The zero-order chi connectivity index (χ0) is 21.3. The largest absolute Gasteiger partial charge is 0.495 e. The van der Waals surface area contributed by atoms with E-state index in [-0.39, 0.29) is 17.0 Å². The van der Waals surface area contributed by atoms with E-state index in [0.29, 0.717) is 17.1 Å². The SMILES string of the molecule is COC1=CS(=O)(=O)N(C(=O)c2ccccc2)c2ccc(Oc3ccccc3Br)cc21. The van der Waals surface area contributed by atoms with Crippen molar-refractivity contribution in [1.82, 2.24) is 0 Å². The van der Waals surface area contributed by atoms with E-state index >= 15 is 0 Å². The molecule has 0 fully saturated rings. The zero-order valence-corrected chi connectivity index (χ0v) is 18.2. The molecule has 0 bridgehead atoms. The lowest BCUT2D eigenvalue weighted by molar-refractivity contribution is 0.101. The summed E-state index contributed by atoms with van der Waals surface area (Å²) in [5.41, 5.74) is 0.888. The number of fused-ring (bicyclic) bond motifs is 1. The minimum atomic E-state index is -4.08. The fraction of sp³-hybridized carbons (Fsp3) is 0.0455. The molecule has 0 radical (unpaired) electrons. The Morgan fingerprint density at radius 2 is 1.67 bits per heavy atom. The molecule has 6 nitrogen and oxygen atoms in total. The molecule has 0 unspecified atom stereocenters. The van der Waals surface area contributed by atoms with Crippen molar-refractivity contribution in [3.8, 4) is 11.5 Å². The van der Waals surface area contributed by atoms with Crippen LogP contribution in [0, 0.1) is 0 Å². The molecule has 1 amide bonds. The number of sulfonamides is 1. The van der Waals surface area contributed by atoms with E-state index in [4.69, 9.17) is 9.47 Å². The Morgan fingerprint density at radius 1 is 0.967 bits per heavy atom. The molecular weight excluding hydrogens is 470 g/mol. The van der Waals surface area contributed by atoms with Crippen molar-refractivity contribution in [3.63, 3.8) is 0 Å². The molecule has 0 spiro atoms. The van der Waals surface area contributed by atoms with Gasteiger partial charge in [-0.1, -0.05) is 30.3 Å². The van der Waals surface area contributed by atoms with Crippen molar-refractivity contribution >= 4 is 43.3 Å². The molecule has 0 saturated carbocycles. The number of carbonyl (C=O) groups is 1. The topological polar surface area (TPSA) is 72.9 Å². The van der Waals surface area contributed by atoms with Gasteiger partial charge < -0.3 is 9.47 Å². The fourth-order valence-corrected chi connectivity index (χ4v) is 4.81. The average molecular weight is 486 g/mol. The molecule has 0 atom stereocenters. The molecule has 1 heterocycles. The first-order valence-electron chi connectivity index (χ1n) is 8.88. The number of hydrogen-bond donors (Lipinski definition) is 0. The van der Waals surface area contributed by atoms with Crippen LogP contribution < -0.4 is 9.04 Å². The molecule has 3 aromatic rings. The molecule has 4 rings (SSSR count). The van der Waals surface area contributed by atoms with E-state index in [1.807, 2.05) is 18.2 Å². The predicted molar refractivity (Wildman–Crippen MR) is 118 cm³/mol. The highest BCUT2D eigenvalue weighted by Gasteiger charge is 2.36. The Kier molecular flexibility index (Phi) is 5.36. The highest BCUT2D eigenvalue weighted by molar-refractivity contribution is 9.10. The summed E-state index contributed by atoms with van der Waals surface area (Å²) < 4.78 is 38.5. The minimum absolute atomic E-state index is 0.125. The second kappa shape index (κ2) is 7.97. The van der Waals surface area contributed by atoms with Gasteiger partial charge in [-0.3, -0.25) is 4.79 Å². The fourth-order valence-electron chi connectivity index (χ4n) is 3.08. The van der Waals surface area contributed by atoms with Crippen LogP contribution >= 0.6 is 15.9 Å². The summed E-state index contributed by atoms with van der Waals surface area (Å²) in [7, 11) is -2.70. The van der Waals surface area contributed by atoms with Crippen molar-refractivity contribution in [2.24, 2.45) is 0 Å². The number of benzene rings is 3. The molecule has 1 aliphatic heterocycles. The predicted octanol–water partition coefficient (Wildman–Crippen LogP) is 5.18. The number of amides is 1. The van der Waals surface area contributed by atoms with Crippen molar-refractivity contribution < 1.29 is 22.7 Å². The van der Waals surface area contributed by atoms with Crippen LogP contribution in [0.3, 0.4) is 0 Å². The third kappa shape index (κ3) is 3.71. The van der Waals surface area contributed by atoms with Crippen LogP contribution in [0.1, 0.15) is 15.9 Å². The molecule has 0 aliphatic carbocycles. The Bertz CT molecular complexity index is 1260. The summed E-state index contributed by atoms with van der Waals surface area (Å²) in [4.78, 5) is 13.0. The number of ether oxygens (including phenoxy) is 2. The quantitative estimate of drug-likeness (QED) is 0.509. The summed E-state index contributed by atoms with van der Waals surface area (Å²) >= 11 is 3.43. The van der Waals surface area contributed by atoms with Crippen molar-refractivity contribution in [2.75, 3.05) is 11.4 Å². The summed E-state index contributed by atoms with van der Waals surface area (Å²) in [5, 5.41) is 0.943. The first-order chi connectivity index (χ1) is 14.4. The van der Waals surface area contributed by atoms with Gasteiger partial charge in [-0.2, -0.15) is 4.31 Å². The van der Waals surface area contributed by atoms with Crippen molar-refractivity contribution in [1.29, 1.82) is 0 Å². The monoisotopic (exact) mass is 485 g/mol. The standard InChI is InChI=1S/C22H16BrNO5S/c1-28-21-14-30(26,27)24(22(25)15-7-3-2-4-8-15)19-12-11-16(13-17(19)21)29-20-10-6-5-9-18(20)23/h2-14H,1H3. The van der Waals surface area contributed by atoms with Crippen LogP contribution in [-0.4, -0.2) is 21.4 Å². The van der Waals surface area contributed by atoms with Crippen molar-refractivity contribution in [3.05, 3.63) is 93.8 Å². The highest BCUT2D eigenvalue weighted by Crippen LogP contribution is 2.40. The van der Waals surface area contributed by atoms with Gasteiger partial charge in [-0.15, -0.1) is 0 Å². The van der Waals surface area contributed by atoms with Gasteiger partial charge >= 0.3 is 0 Å². The lowest BCUT2D eigenvalue weighted by Crippen LogP contribution is -2.38. The van der Waals surface area contributed by atoms with Crippen LogP contribution in [0.4, 0.5) is 5.69 Å². The smallest absolute Gasteiger partial charge is 0.272 e. The van der Waals surface area contributed by atoms with Crippen molar-refractivity contribution in [2.45, 2.75) is 0 Å². The summed E-state index contributed by atoms with van der Waals surface area (Å²) in [6.07, 6.45) is 0. The average Bonchev–Trinajstić information content (AvgIpc) is 2.75. The zero-order valence-electron chi connectivity index (χ0n) is 15.8. The first-order valence-corrected chi connectivity index (χ1v) is 11.2. The Labute approximate surface area is 182 Å². The first kappa shape index (κ1) is 20.2. The van der Waals surface area contributed by atoms with Gasteiger partial charge in [0, 0.05) is 11.1 Å². The second-order valence-corrected chi connectivity index (χ2v) is 8.86. The molecule has 8 heteroatoms. The van der Waals surface area contributed by atoms with Gasteiger partial charge in [0.05, 0.1) is 22.7 Å². The minimum Gasteiger partial charge on any atom is -0.495 e. The molecule has 1 aliphatic rings. The molecule has 0 aromatic heterocycles. The Morgan fingerprint density at radius 3 is 2.37 bits per heavy atom. The Balaban J connectivity index is 1.81. The number of methoxy groups -OCH3 is 1. The van der Waals surface area contributed by atoms with Crippen LogP contribution in [-0.2, 0) is 14.8 Å². The third-order valence-corrected chi connectivity index (χ3v) is 6.49. The van der Waals surface area contributed by atoms with Gasteiger partial charge in [-0.05, 0) is 58.4 Å². The molecule has 0 N–H and O–H groups in total. The Hall–Kier alpha value is -3.10. The molecule has 30 heavy (non-hydrogen) atoms. The van der Waals surface area contributed by atoms with E-state index in [1.165, 1.54) is 13.2 Å².